The first-order chi connectivity index (χ1) is 12.8. The molecule has 0 radical (unpaired) electrons. The van der Waals surface area contributed by atoms with Gasteiger partial charge in [-0.3, -0.25) is 9.59 Å². The molecule has 0 bridgehead atoms. The van der Waals surface area contributed by atoms with Gasteiger partial charge < -0.3 is 20.7 Å². The third-order valence-corrected chi connectivity index (χ3v) is 3.58. The lowest BCUT2D eigenvalue weighted by Crippen LogP contribution is -2.14. The van der Waals surface area contributed by atoms with Crippen LogP contribution in [0.15, 0.2) is 48.5 Å². The zero-order chi connectivity index (χ0) is 20.0. The Labute approximate surface area is 156 Å². The highest BCUT2D eigenvalue weighted by atomic mass is 16.5. The van der Waals surface area contributed by atoms with Crippen molar-refractivity contribution in [3.8, 4) is 17.2 Å². The van der Waals surface area contributed by atoms with Crippen LogP contribution in [0.5, 0.6) is 17.2 Å². The number of primary amides is 1. The van der Waals surface area contributed by atoms with Crippen LogP contribution in [0.2, 0.25) is 0 Å². The van der Waals surface area contributed by atoms with E-state index in [0.717, 1.165) is 18.1 Å². The van der Waals surface area contributed by atoms with Gasteiger partial charge in [0.1, 0.15) is 11.5 Å². The number of hydrogen-bond acceptors (Lipinski definition) is 5. The molecule has 0 unspecified atom stereocenters. The number of amides is 1. The van der Waals surface area contributed by atoms with Gasteiger partial charge in [-0.05, 0) is 36.8 Å². The minimum Gasteiger partial charge on any atom is -0.505 e. The van der Waals surface area contributed by atoms with Gasteiger partial charge in [-0.2, -0.15) is 0 Å². The number of carbonyl (C=O) groups excluding carboxylic acids is 1. The summed E-state index contributed by atoms with van der Waals surface area (Å²) < 4.78 is 5.80. The molecule has 0 aliphatic carbocycles. The second-order valence-corrected chi connectivity index (χ2v) is 5.62. The van der Waals surface area contributed by atoms with Gasteiger partial charge in [0, 0.05) is 23.4 Å². The Hall–Kier alpha value is -3.61. The van der Waals surface area contributed by atoms with Crippen molar-refractivity contribution < 1.29 is 24.5 Å². The summed E-state index contributed by atoms with van der Waals surface area (Å²) >= 11 is 0. The van der Waals surface area contributed by atoms with Crippen molar-refractivity contribution in [3.05, 3.63) is 59.9 Å². The summed E-state index contributed by atoms with van der Waals surface area (Å²) in [7, 11) is 0. The molecule has 0 aliphatic rings. The SMILES string of the molecule is CC(=O)O.CCc1nc(C(N)=O)c(O)c2ccc(Oc3ccccc3)cc12. The van der Waals surface area contributed by atoms with E-state index < -0.39 is 11.9 Å². The average Bonchev–Trinajstić information content (AvgIpc) is 2.62. The number of rotatable bonds is 4. The highest BCUT2D eigenvalue weighted by Gasteiger charge is 2.17. The fourth-order valence-electron chi connectivity index (χ4n) is 2.47. The Bertz CT molecular complexity index is 967. The summed E-state index contributed by atoms with van der Waals surface area (Å²) in [5.74, 6) is -0.429. The number of fused-ring (bicyclic) bond motifs is 1. The second kappa shape index (κ2) is 8.66. The Morgan fingerprint density at radius 2 is 1.70 bits per heavy atom. The van der Waals surface area contributed by atoms with E-state index in [2.05, 4.69) is 4.98 Å². The van der Waals surface area contributed by atoms with Crippen molar-refractivity contribution in [2.75, 3.05) is 0 Å². The van der Waals surface area contributed by atoms with Crippen LogP contribution < -0.4 is 10.5 Å². The van der Waals surface area contributed by atoms with Crippen LogP contribution in [-0.2, 0) is 11.2 Å². The molecule has 0 saturated carbocycles. The molecule has 1 heterocycles. The quantitative estimate of drug-likeness (QED) is 0.648. The smallest absolute Gasteiger partial charge is 0.300 e. The number of aromatic nitrogens is 1. The standard InChI is InChI=1S/C18H16N2O3.C2H4O2/c1-2-15-14-10-12(23-11-6-4-3-5-7-11)8-9-13(14)17(21)16(20-15)18(19)22;1-2(3)4/h3-10,21H,2H2,1H3,(H2,19,22);1H3,(H,3,4). The zero-order valence-electron chi connectivity index (χ0n) is 15.0. The van der Waals surface area contributed by atoms with E-state index in [4.69, 9.17) is 20.4 Å². The van der Waals surface area contributed by atoms with Gasteiger partial charge in [0.2, 0.25) is 0 Å². The number of carboxylic acid groups (broad SMARTS) is 1. The van der Waals surface area contributed by atoms with Crippen molar-refractivity contribution in [1.82, 2.24) is 4.98 Å². The lowest BCUT2D eigenvalue weighted by Gasteiger charge is -2.11. The van der Waals surface area contributed by atoms with E-state index in [1.165, 1.54) is 0 Å². The number of carbonyl (C=O) groups is 2. The van der Waals surface area contributed by atoms with Crippen LogP contribution in [-0.4, -0.2) is 27.1 Å². The highest BCUT2D eigenvalue weighted by molar-refractivity contribution is 6.02. The molecule has 140 valence electrons. The number of nitrogens with zero attached hydrogens (tertiary/aromatic N) is 1. The molecule has 27 heavy (non-hydrogen) atoms. The van der Waals surface area contributed by atoms with Gasteiger partial charge in [0.05, 0.1) is 0 Å². The third-order valence-electron chi connectivity index (χ3n) is 3.58. The zero-order valence-corrected chi connectivity index (χ0v) is 15.0. The summed E-state index contributed by atoms with van der Waals surface area (Å²) in [5, 5.41) is 18.9. The van der Waals surface area contributed by atoms with Gasteiger partial charge in [-0.15, -0.1) is 0 Å². The first-order valence-electron chi connectivity index (χ1n) is 8.21. The number of aryl methyl sites for hydroxylation is 1. The third kappa shape index (κ3) is 4.94. The van der Waals surface area contributed by atoms with E-state index in [0.29, 0.717) is 23.3 Å². The predicted molar refractivity (Wildman–Crippen MR) is 101 cm³/mol. The molecule has 4 N–H and O–H groups in total. The van der Waals surface area contributed by atoms with Crippen molar-refractivity contribution in [3.63, 3.8) is 0 Å². The molecule has 0 spiro atoms. The number of carboxylic acids is 1. The van der Waals surface area contributed by atoms with Crippen LogP contribution in [0.1, 0.15) is 30.0 Å². The molecular formula is C20H20N2O5. The highest BCUT2D eigenvalue weighted by Crippen LogP contribution is 2.33. The summed E-state index contributed by atoms with van der Waals surface area (Å²) in [5.41, 5.74) is 5.85. The fourth-order valence-corrected chi connectivity index (χ4v) is 2.47. The normalized spacial score (nSPS) is 10.0. The molecule has 7 heteroatoms. The average molecular weight is 368 g/mol. The monoisotopic (exact) mass is 368 g/mol. The molecule has 3 rings (SSSR count). The van der Waals surface area contributed by atoms with E-state index >= 15 is 0 Å². The Morgan fingerprint density at radius 3 is 2.26 bits per heavy atom. The second-order valence-electron chi connectivity index (χ2n) is 5.62. The summed E-state index contributed by atoms with van der Waals surface area (Å²) in [6, 6.07) is 14.7. The molecule has 0 atom stereocenters. The molecule has 0 aliphatic heterocycles. The maximum Gasteiger partial charge on any atom is 0.300 e. The van der Waals surface area contributed by atoms with Crippen molar-refractivity contribution in [1.29, 1.82) is 0 Å². The Kier molecular flexibility index (Phi) is 6.32. The van der Waals surface area contributed by atoms with E-state index in [1.54, 1.807) is 18.2 Å². The molecule has 0 fully saturated rings. The van der Waals surface area contributed by atoms with E-state index in [1.807, 2.05) is 37.3 Å². The first-order valence-corrected chi connectivity index (χ1v) is 8.21. The van der Waals surface area contributed by atoms with Gasteiger partial charge >= 0.3 is 0 Å². The van der Waals surface area contributed by atoms with Crippen LogP contribution in [0.4, 0.5) is 0 Å². The fraction of sp³-hybridized carbons (Fsp3) is 0.150. The molecule has 7 nitrogen and oxygen atoms in total. The number of aliphatic carboxylic acids is 1. The molecule has 3 aromatic rings. The summed E-state index contributed by atoms with van der Waals surface area (Å²) in [6.07, 6.45) is 0.603. The lowest BCUT2D eigenvalue weighted by atomic mass is 10.0. The van der Waals surface area contributed by atoms with Crippen LogP contribution in [0.3, 0.4) is 0 Å². The van der Waals surface area contributed by atoms with Gasteiger partial charge in [0.15, 0.2) is 11.4 Å². The molecule has 1 aromatic heterocycles. The molecular weight excluding hydrogens is 348 g/mol. The van der Waals surface area contributed by atoms with Gasteiger partial charge in [-0.25, -0.2) is 4.98 Å². The van der Waals surface area contributed by atoms with E-state index in [9.17, 15) is 9.90 Å². The first kappa shape index (κ1) is 19.7. The Balaban J connectivity index is 0.000000596. The van der Waals surface area contributed by atoms with Gasteiger partial charge in [0.25, 0.3) is 11.9 Å². The van der Waals surface area contributed by atoms with Crippen molar-refractivity contribution >= 4 is 22.6 Å². The maximum absolute atomic E-state index is 11.4. The number of nitrogens with two attached hydrogens (primary N) is 1. The summed E-state index contributed by atoms with van der Waals surface area (Å²) in [6.45, 7) is 3.01. The van der Waals surface area contributed by atoms with E-state index in [-0.39, 0.29) is 11.4 Å². The van der Waals surface area contributed by atoms with Gasteiger partial charge in [-0.1, -0.05) is 25.1 Å². The number of hydrogen-bond donors (Lipinski definition) is 3. The lowest BCUT2D eigenvalue weighted by molar-refractivity contribution is -0.134. The molecule has 2 aromatic carbocycles. The number of para-hydroxylation sites is 1. The number of pyridine rings is 1. The minimum atomic E-state index is -0.833. The van der Waals surface area contributed by atoms with Crippen molar-refractivity contribution in [2.45, 2.75) is 20.3 Å². The minimum absolute atomic E-state index is 0.105. The number of aromatic hydroxyl groups is 1. The maximum atomic E-state index is 11.4. The predicted octanol–water partition coefficient (Wildman–Crippen LogP) is 3.48. The van der Waals surface area contributed by atoms with Crippen molar-refractivity contribution in [2.24, 2.45) is 5.73 Å². The Morgan fingerprint density at radius 1 is 1.07 bits per heavy atom. The van der Waals surface area contributed by atoms with Crippen LogP contribution in [0, 0.1) is 0 Å². The van der Waals surface area contributed by atoms with Crippen LogP contribution in [0.25, 0.3) is 10.8 Å². The topological polar surface area (TPSA) is 123 Å². The molecule has 1 amide bonds. The molecule has 0 saturated heterocycles. The largest absolute Gasteiger partial charge is 0.505 e. The number of benzene rings is 2. The summed E-state index contributed by atoms with van der Waals surface area (Å²) in [4.78, 5) is 24.6. The number of ether oxygens (including phenoxy) is 1. The van der Waals surface area contributed by atoms with Crippen LogP contribution >= 0.6 is 0 Å².